The Morgan fingerprint density at radius 2 is 1.93 bits per heavy atom. The lowest BCUT2D eigenvalue weighted by Gasteiger charge is -2.35. The Kier molecular flexibility index (Phi) is 10.7. The van der Waals surface area contributed by atoms with Gasteiger partial charge in [0.05, 0.1) is 33.6 Å². The molecule has 3 N–H and O–H groups in total. The van der Waals surface area contributed by atoms with Crippen LogP contribution in [-0.2, 0) is 16.4 Å². The second-order valence-electron chi connectivity index (χ2n) is 10.3. The number of hydrogen-bond acceptors (Lipinski definition) is 8. The van der Waals surface area contributed by atoms with Crippen LogP contribution >= 0.6 is 11.6 Å². The maximum absolute atomic E-state index is 13.3. The fourth-order valence-corrected chi connectivity index (χ4v) is 6.22. The number of hydrogen-bond donors (Lipinski definition) is 3. The van der Waals surface area contributed by atoms with Crippen molar-refractivity contribution in [2.45, 2.75) is 88.6 Å². The molecule has 1 aliphatic carbocycles. The third kappa shape index (κ3) is 8.66. The SMILES string of the molecule is CCC(CC(F)(F)F)Nc1cc(OC(F)F)c(-c2c(Cl)c(C(=O)NCC3(O)CCC(S(C)(=O)=O)CC3)nn2CC)cn1. The fraction of sp³-hybridized carbons (Fsp3) is 0.640. The third-order valence-corrected chi connectivity index (χ3v) is 9.16. The lowest BCUT2D eigenvalue weighted by molar-refractivity contribution is -0.137. The van der Waals surface area contributed by atoms with Gasteiger partial charge in [-0.25, -0.2) is 13.4 Å². The van der Waals surface area contributed by atoms with Gasteiger partial charge in [-0.15, -0.1) is 0 Å². The normalized spacial score (nSPS) is 20.4. The molecule has 236 valence electrons. The predicted molar refractivity (Wildman–Crippen MR) is 146 cm³/mol. The van der Waals surface area contributed by atoms with Crippen LogP contribution in [0.25, 0.3) is 11.3 Å². The van der Waals surface area contributed by atoms with Crippen LogP contribution in [0.15, 0.2) is 12.3 Å². The maximum atomic E-state index is 13.3. The van der Waals surface area contributed by atoms with Crippen molar-refractivity contribution in [1.82, 2.24) is 20.1 Å². The number of pyridine rings is 1. The van der Waals surface area contributed by atoms with E-state index in [4.69, 9.17) is 11.6 Å². The van der Waals surface area contributed by atoms with E-state index in [0.717, 1.165) is 18.5 Å². The van der Waals surface area contributed by atoms with Crippen LogP contribution in [0.2, 0.25) is 5.02 Å². The van der Waals surface area contributed by atoms with Crippen molar-refractivity contribution >= 4 is 33.2 Å². The van der Waals surface area contributed by atoms with Crippen molar-refractivity contribution in [3.05, 3.63) is 23.0 Å². The zero-order chi connectivity index (χ0) is 31.5. The highest BCUT2D eigenvalue weighted by molar-refractivity contribution is 7.91. The molecule has 0 saturated heterocycles. The van der Waals surface area contributed by atoms with Gasteiger partial charge in [-0.05, 0) is 39.0 Å². The van der Waals surface area contributed by atoms with Crippen LogP contribution in [0.5, 0.6) is 5.75 Å². The van der Waals surface area contributed by atoms with Crippen LogP contribution in [0.4, 0.5) is 27.8 Å². The number of carbonyl (C=O) groups is 1. The van der Waals surface area contributed by atoms with Gasteiger partial charge in [-0.3, -0.25) is 9.48 Å². The number of carbonyl (C=O) groups excluding carboxylic acids is 1. The summed E-state index contributed by atoms with van der Waals surface area (Å²) < 4.78 is 94.8. The molecule has 17 heteroatoms. The molecule has 0 radical (unpaired) electrons. The average molecular weight is 646 g/mol. The van der Waals surface area contributed by atoms with Gasteiger partial charge in [0, 0.05) is 37.7 Å². The first-order valence-electron chi connectivity index (χ1n) is 13.2. The summed E-state index contributed by atoms with van der Waals surface area (Å²) in [6, 6.07) is -0.0505. The van der Waals surface area contributed by atoms with Gasteiger partial charge in [0.15, 0.2) is 5.69 Å². The topological polar surface area (TPSA) is 135 Å². The van der Waals surface area contributed by atoms with Crippen LogP contribution in [0, 0.1) is 0 Å². The molecule has 2 aromatic rings. The molecule has 1 fully saturated rings. The predicted octanol–water partition coefficient (Wildman–Crippen LogP) is 4.81. The van der Waals surface area contributed by atoms with Gasteiger partial charge in [0.1, 0.15) is 21.4 Å². The zero-order valence-corrected chi connectivity index (χ0v) is 24.7. The molecule has 0 spiro atoms. The standard InChI is InChI=1S/C25H33ClF5N5O5S/c1-4-14(11-25(29,30)31)34-18-10-17(41-23(27)28)16(12-32-18)21-19(26)20(35-36(21)5-2)22(37)33-13-24(38)8-6-15(7-9-24)42(3,39)40/h10,12,14-15,23,38H,4-9,11,13H2,1-3H3,(H,32,34)(H,33,37). The van der Waals surface area contributed by atoms with E-state index < -0.39 is 57.6 Å². The third-order valence-electron chi connectivity index (χ3n) is 7.12. The Bertz CT molecular complexity index is 1360. The van der Waals surface area contributed by atoms with Crippen LogP contribution in [-0.4, -0.2) is 76.7 Å². The number of sulfone groups is 1. The number of aryl methyl sites for hydroxylation is 1. The summed E-state index contributed by atoms with van der Waals surface area (Å²) in [5.74, 6) is -1.36. The monoisotopic (exact) mass is 645 g/mol. The molecule has 10 nitrogen and oxygen atoms in total. The summed E-state index contributed by atoms with van der Waals surface area (Å²) in [4.78, 5) is 17.1. The summed E-state index contributed by atoms with van der Waals surface area (Å²) in [5, 5.41) is 19.4. The van der Waals surface area contributed by atoms with Gasteiger partial charge in [0.2, 0.25) is 0 Å². The number of halogens is 6. The first-order valence-corrected chi connectivity index (χ1v) is 15.5. The molecule has 1 aliphatic rings. The lowest BCUT2D eigenvalue weighted by atomic mass is 9.84. The number of aliphatic hydroxyl groups is 1. The minimum atomic E-state index is -4.46. The highest BCUT2D eigenvalue weighted by atomic mass is 35.5. The number of nitrogens with zero attached hydrogens (tertiary/aromatic N) is 3. The van der Waals surface area contributed by atoms with E-state index >= 15 is 0 Å². The Morgan fingerprint density at radius 1 is 1.29 bits per heavy atom. The number of rotatable bonds is 12. The van der Waals surface area contributed by atoms with E-state index in [1.165, 1.54) is 11.6 Å². The van der Waals surface area contributed by atoms with Gasteiger partial charge in [0.25, 0.3) is 5.91 Å². The lowest BCUT2D eigenvalue weighted by Crippen LogP contribution is -2.47. The molecule has 3 rings (SSSR count). The van der Waals surface area contributed by atoms with E-state index in [2.05, 4.69) is 25.5 Å². The van der Waals surface area contributed by atoms with E-state index in [9.17, 15) is 40.3 Å². The first-order chi connectivity index (χ1) is 19.5. The van der Waals surface area contributed by atoms with Crippen molar-refractivity contribution in [3.8, 4) is 17.0 Å². The summed E-state index contributed by atoms with van der Waals surface area (Å²) in [7, 11) is -3.26. The number of aromatic nitrogens is 3. The number of alkyl halides is 5. The smallest absolute Gasteiger partial charge is 0.391 e. The van der Waals surface area contributed by atoms with Crippen molar-refractivity contribution in [2.75, 3.05) is 18.1 Å². The van der Waals surface area contributed by atoms with Crippen molar-refractivity contribution in [1.29, 1.82) is 0 Å². The highest BCUT2D eigenvalue weighted by Gasteiger charge is 2.37. The Morgan fingerprint density at radius 3 is 2.45 bits per heavy atom. The summed E-state index contributed by atoms with van der Waals surface area (Å²) >= 11 is 6.51. The number of amides is 1. The second-order valence-corrected chi connectivity index (χ2v) is 13.0. The minimum absolute atomic E-state index is 0.00808. The molecule has 1 saturated carbocycles. The van der Waals surface area contributed by atoms with Crippen LogP contribution in [0.1, 0.15) is 62.9 Å². The van der Waals surface area contributed by atoms with Gasteiger partial charge in [-0.2, -0.15) is 27.1 Å². The maximum Gasteiger partial charge on any atom is 0.391 e. The second kappa shape index (κ2) is 13.3. The summed E-state index contributed by atoms with van der Waals surface area (Å²) in [5.41, 5.74) is -1.69. The molecular formula is C25H33ClF5N5O5S. The molecule has 0 aliphatic heterocycles. The van der Waals surface area contributed by atoms with Crippen molar-refractivity contribution in [3.63, 3.8) is 0 Å². The number of anilines is 1. The van der Waals surface area contributed by atoms with E-state index in [1.807, 2.05) is 0 Å². The van der Waals surface area contributed by atoms with E-state index in [0.29, 0.717) is 0 Å². The van der Waals surface area contributed by atoms with E-state index in [1.54, 1.807) is 6.92 Å². The number of nitrogens with one attached hydrogen (secondary N) is 2. The minimum Gasteiger partial charge on any atom is -0.434 e. The van der Waals surface area contributed by atoms with Gasteiger partial charge in [-0.1, -0.05) is 18.5 Å². The Labute approximate surface area is 244 Å². The molecule has 2 heterocycles. The first kappa shape index (κ1) is 33.8. The van der Waals surface area contributed by atoms with Crippen LogP contribution in [0.3, 0.4) is 0 Å². The Balaban J connectivity index is 1.86. The number of ether oxygens (including phenoxy) is 1. The largest absolute Gasteiger partial charge is 0.434 e. The Hall–Kier alpha value is -2.72. The summed E-state index contributed by atoms with van der Waals surface area (Å²) in [6.07, 6.45) is -2.56. The summed E-state index contributed by atoms with van der Waals surface area (Å²) in [6.45, 7) is -0.187. The average Bonchev–Trinajstić information content (AvgIpc) is 3.21. The van der Waals surface area contributed by atoms with Crippen LogP contribution < -0.4 is 15.4 Å². The van der Waals surface area contributed by atoms with Gasteiger partial charge >= 0.3 is 12.8 Å². The molecular weight excluding hydrogens is 613 g/mol. The quantitative estimate of drug-likeness (QED) is 0.280. The van der Waals surface area contributed by atoms with Crippen molar-refractivity contribution < 1.29 is 45.0 Å². The van der Waals surface area contributed by atoms with Gasteiger partial charge < -0.3 is 20.5 Å². The molecule has 1 amide bonds. The molecule has 2 aromatic heterocycles. The molecule has 1 atom stereocenters. The highest BCUT2D eigenvalue weighted by Crippen LogP contribution is 2.39. The molecule has 0 bridgehead atoms. The van der Waals surface area contributed by atoms with E-state index in [-0.39, 0.29) is 73.0 Å². The molecule has 0 aromatic carbocycles. The molecule has 42 heavy (non-hydrogen) atoms. The molecule has 1 unspecified atom stereocenters. The van der Waals surface area contributed by atoms with Crippen molar-refractivity contribution in [2.24, 2.45) is 0 Å². The fourth-order valence-electron chi connectivity index (χ4n) is 4.81. The zero-order valence-electron chi connectivity index (χ0n) is 23.1.